The van der Waals surface area contributed by atoms with Crippen LogP contribution in [-0.4, -0.2) is 31.8 Å². The van der Waals surface area contributed by atoms with Gasteiger partial charge in [-0.2, -0.15) is 5.26 Å². The van der Waals surface area contributed by atoms with Crippen LogP contribution in [0.2, 0.25) is 0 Å². The van der Waals surface area contributed by atoms with E-state index in [9.17, 15) is 5.26 Å². The first-order chi connectivity index (χ1) is 10.3. The summed E-state index contributed by atoms with van der Waals surface area (Å²) in [5.74, 6) is 0.831. The number of para-hydroxylation sites is 1. The first kappa shape index (κ1) is 13.0. The Morgan fingerprint density at radius 3 is 2.90 bits per heavy atom. The van der Waals surface area contributed by atoms with E-state index in [1.807, 2.05) is 31.2 Å². The van der Waals surface area contributed by atoms with Crippen LogP contribution >= 0.6 is 0 Å². The second-order valence-electron chi connectivity index (χ2n) is 4.34. The predicted molar refractivity (Wildman–Crippen MR) is 75.0 cm³/mol. The smallest absolute Gasteiger partial charge is 0.198 e. The molecule has 0 atom stereocenters. The number of aromatic nitrogens is 5. The molecule has 0 radical (unpaired) electrons. The molecule has 2 heterocycles. The van der Waals surface area contributed by atoms with Crippen molar-refractivity contribution in [2.24, 2.45) is 0 Å². The largest absolute Gasteiger partial charge is 0.491 e. The summed E-state index contributed by atoms with van der Waals surface area (Å²) in [7, 11) is 0. The molecule has 0 bridgehead atoms. The molecule has 104 valence electrons. The Kier molecular flexibility index (Phi) is 3.43. The third-order valence-corrected chi connectivity index (χ3v) is 2.93. The van der Waals surface area contributed by atoms with Gasteiger partial charge in [0.2, 0.25) is 0 Å². The first-order valence-corrected chi connectivity index (χ1v) is 6.54. The number of nitrogens with zero attached hydrogens (tertiary/aromatic N) is 6. The van der Waals surface area contributed by atoms with E-state index in [0.717, 1.165) is 17.3 Å². The lowest BCUT2D eigenvalue weighted by Crippen LogP contribution is -2.08. The molecule has 0 unspecified atom stereocenters. The molecule has 0 saturated carbocycles. The lowest BCUT2D eigenvalue weighted by Gasteiger charge is -2.12. The van der Waals surface area contributed by atoms with Crippen LogP contribution in [0, 0.1) is 11.3 Å². The fourth-order valence-corrected chi connectivity index (χ4v) is 2.03. The Labute approximate surface area is 120 Å². The highest BCUT2D eigenvalue weighted by atomic mass is 16.5. The van der Waals surface area contributed by atoms with Crippen LogP contribution in [0.3, 0.4) is 0 Å². The number of hydrogen-bond acceptors (Lipinski definition) is 6. The molecule has 2 aromatic heterocycles. The van der Waals surface area contributed by atoms with E-state index < -0.39 is 0 Å². The zero-order chi connectivity index (χ0) is 14.7. The van der Waals surface area contributed by atoms with Gasteiger partial charge >= 0.3 is 0 Å². The van der Waals surface area contributed by atoms with Crippen molar-refractivity contribution in [3.63, 3.8) is 0 Å². The maximum Gasteiger partial charge on any atom is 0.198 e. The van der Waals surface area contributed by atoms with E-state index in [2.05, 4.69) is 26.5 Å². The number of tetrazole rings is 1. The van der Waals surface area contributed by atoms with Gasteiger partial charge in [0.05, 0.1) is 12.1 Å². The summed E-state index contributed by atoms with van der Waals surface area (Å²) in [5, 5.41) is 21.7. The monoisotopic (exact) mass is 280 g/mol. The summed E-state index contributed by atoms with van der Waals surface area (Å²) < 4.78 is 5.78. The molecule has 0 N–H and O–H groups in total. The van der Waals surface area contributed by atoms with Crippen LogP contribution < -0.4 is 4.74 Å². The van der Waals surface area contributed by atoms with Crippen LogP contribution in [0.4, 0.5) is 0 Å². The molecule has 21 heavy (non-hydrogen) atoms. The van der Waals surface area contributed by atoms with Gasteiger partial charge in [0.15, 0.2) is 12.1 Å². The minimum Gasteiger partial charge on any atom is -0.491 e. The van der Waals surface area contributed by atoms with E-state index in [1.165, 1.54) is 11.1 Å². The Hall–Kier alpha value is -3.01. The molecule has 7 heteroatoms. The zero-order valence-electron chi connectivity index (χ0n) is 11.4. The lowest BCUT2D eigenvalue weighted by atomic mass is 10.1. The summed E-state index contributed by atoms with van der Waals surface area (Å²) in [6.07, 6.45) is 2.14. The molecule has 0 aliphatic rings. The van der Waals surface area contributed by atoms with Crippen molar-refractivity contribution < 1.29 is 4.74 Å². The first-order valence-electron chi connectivity index (χ1n) is 6.54. The Bertz CT molecular complexity index is 806. The summed E-state index contributed by atoms with van der Waals surface area (Å²) in [6, 6.07) is 9.64. The molecular weight excluding hydrogens is 268 g/mol. The average molecular weight is 280 g/mol. The third-order valence-electron chi connectivity index (χ3n) is 2.93. The molecule has 0 aliphatic heterocycles. The van der Waals surface area contributed by atoms with Crippen molar-refractivity contribution >= 4 is 10.9 Å². The topological polar surface area (TPSA) is 89.5 Å². The summed E-state index contributed by atoms with van der Waals surface area (Å²) in [5.41, 5.74) is 1.02. The van der Waals surface area contributed by atoms with E-state index in [4.69, 9.17) is 4.74 Å². The van der Waals surface area contributed by atoms with Gasteiger partial charge in [-0.3, -0.25) is 0 Å². The minimum absolute atomic E-state index is 0.306. The molecule has 0 saturated heterocycles. The Morgan fingerprint density at radius 2 is 2.19 bits per heavy atom. The summed E-state index contributed by atoms with van der Waals surface area (Å²) in [4.78, 5) is 5.68. The van der Waals surface area contributed by atoms with Gasteiger partial charge in [0, 0.05) is 5.39 Å². The van der Waals surface area contributed by atoms with Gasteiger partial charge in [-0.1, -0.05) is 19.1 Å². The molecule has 3 aromatic rings. The number of nitriles is 1. The second-order valence-corrected chi connectivity index (χ2v) is 4.34. The maximum absolute atomic E-state index is 9.50. The van der Waals surface area contributed by atoms with Crippen LogP contribution in [0.25, 0.3) is 16.7 Å². The average Bonchev–Trinajstić information content (AvgIpc) is 3.05. The molecule has 1 aromatic carbocycles. The quantitative estimate of drug-likeness (QED) is 0.724. The van der Waals surface area contributed by atoms with E-state index in [1.54, 1.807) is 0 Å². The SMILES string of the molecule is CCCOc1c(C#N)c(-n2ncnn2)nc2ccccc12. The highest BCUT2D eigenvalue weighted by Gasteiger charge is 2.18. The summed E-state index contributed by atoms with van der Waals surface area (Å²) >= 11 is 0. The van der Waals surface area contributed by atoms with Gasteiger partial charge in [-0.15, -0.1) is 15.0 Å². The molecule has 0 aliphatic carbocycles. The van der Waals surface area contributed by atoms with E-state index in [0.29, 0.717) is 23.7 Å². The normalized spacial score (nSPS) is 10.5. The fourth-order valence-electron chi connectivity index (χ4n) is 2.03. The number of pyridine rings is 1. The van der Waals surface area contributed by atoms with Crippen molar-refractivity contribution in [3.05, 3.63) is 36.2 Å². The van der Waals surface area contributed by atoms with Crippen molar-refractivity contribution in [1.82, 2.24) is 25.2 Å². The van der Waals surface area contributed by atoms with Crippen LogP contribution in [0.1, 0.15) is 18.9 Å². The maximum atomic E-state index is 9.50. The third kappa shape index (κ3) is 2.27. The summed E-state index contributed by atoms with van der Waals surface area (Å²) in [6.45, 7) is 2.53. The van der Waals surface area contributed by atoms with Crippen LogP contribution in [0.5, 0.6) is 5.75 Å². The van der Waals surface area contributed by atoms with Gasteiger partial charge in [-0.05, 0) is 23.8 Å². The van der Waals surface area contributed by atoms with Crippen molar-refractivity contribution in [3.8, 4) is 17.6 Å². The number of hydrogen-bond donors (Lipinski definition) is 0. The van der Waals surface area contributed by atoms with Gasteiger partial charge in [0.25, 0.3) is 0 Å². The number of rotatable bonds is 4. The van der Waals surface area contributed by atoms with Crippen molar-refractivity contribution in [2.45, 2.75) is 13.3 Å². The molecule has 0 spiro atoms. The second kappa shape index (κ2) is 5.54. The molecule has 7 nitrogen and oxygen atoms in total. The highest BCUT2D eigenvalue weighted by Crippen LogP contribution is 2.31. The number of benzene rings is 1. The molecule has 0 amide bonds. The molecule has 0 fully saturated rings. The number of ether oxygens (including phenoxy) is 1. The van der Waals surface area contributed by atoms with Gasteiger partial charge in [-0.25, -0.2) is 4.98 Å². The fraction of sp³-hybridized carbons (Fsp3) is 0.214. The Morgan fingerprint density at radius 1 is 1.33 bits per heavy atom. The molecule has 3 rings (SSSR count). The van der Waals surface area contributed by atoms with E-state index >= 15 is 0 Å². The van der Waals surface area contributed by atoms with Gasteiger partial charge in [0.1, 0.15) is 17.4 Å². The van der Waals surface area contributed by atoms with Gasteiger partial charge < -0.3 is 4.74 Å². The van der Waals surface area contributed by atoms with Crippen LogP contribution in [0.15, 0.2) is 30.6 Å². The minimum atomic E-state index is 0.306. The highest BCUT2D eigenvalue weighted by molar-refractivity contribution is 5.89. The standard InChI is InChI=1S/C14H12N6O/c1-2-7-21-13-10-5-3-4-6-12(10)18-14(11(13)8-15)20-17-9-16-19-20/h3-6,9H,2,7H2,1H3. The Balaban J connectivity index is 2.31. The number of fused-ring (bicyclic) bond motifs is 1. The van der Waals surface area contributed by atoms with Crippen molar-refractivity contribution in [2.75, 3.05) is 6.61 Å². The zero-order valence-corrected chi connectivity index (χ0v) is 11.4. The lowest BCUT2D eigenvalue weighted by molar-refractivity contribution is 0.320. The molecular formula is C14H12N6O. The predicted octanol–water partition coefficient (Wildman–Crippen LogP) is 1.87. The van der Waals surface area contributed by atoms with E-state index in [-0.39, 0.29) is 0 Å². The van der Waals surface area contributed by atoms with Crippen molar-refractivity contribution in [1.29, 1.82) is 5.26 Å². The van der Waals surface area contributed by atoms with Crippen LogP contribution in [-0.2, 0) is 0 Å².